The van der Waals surface area contributed by atoms with Crippen molar-refractivity contribution in [3.05, 3.63) is 69.8 Å². The molecule has 32 heavy (non-hydrogen) atoms. The van der Waals surface area contributed by atoms with Gasteiger partial charge < -0.3 is 0 Å². The predicted molar refractivity (Wildman–Crippen MR) is 119 cm³/mol. The van der Waals surface area contributed by atoms with Gasteiger partial charge in [0.2, 0.25) is 0 Å². The van der Waals surface area contributed by atoms with E-state index in [0.717, 1.165) is 22.3 Å². The molecule has 9 heteroatoms. The summed E-state index contributed by atoms with van der Waals surface area (Å²) in [7, 11) is 0. The van der Waals surface area contributed by atoms with Crippen molar-refractivity contribution in [2.24, 2.45) is 0 Å². The molecule has 0 amide bonds. The molecule has 2 rings (SSSR count). The highest BCUT2D eigenvalue weighted by molar-refractivity contribution is 8.00. The van der Waals surface area contributed by atoms with Crippen LogP contribution in [-0.4, -0.2) is 28.3 Å². The van der Waals surface area contributed by atoms with Crippen LogP contribution in [0.1, 0.15) is 45.2 Å². The quantitative estimate of drug-likeness (QED) is 0.348. The number of carbonyl (C=O) groups is 1. The van der Waals surface area contributed by atoms with Crippen LogP contribution in [0, 0.1) is 27.7 Å². The van der Waals surface area contributed by atoms with Crippen molar-refractivity contribution in [1.29, 1.82) is 0 Å². The zero-order chi connectivity index (χ0) is 24.3. The Bertz CT molecular complexity index is 836. The number of aryl methyl sites for hydroxylation is 4. The fraction of sp³-hybridized carbons (Fsp3) is 0.435. The van der Waals surface area contributed by atoms with Crippen LogP contribution in [0.15, 0.2) is 36.4 Å². The molecule has 0 saturated heterocycles. The number of rotatable bonds is 8. The molecule has 2 aromatic rings. The van der Waals surface area contributed by atoms with Crippen molar-refractivity contribution in [1.82, 2.24) is 0 Å². The SMILES string of the molecule is Cc1cc(C)cc(C(CSC(F)(F)F)C(=O)C(CSC(F)(F)F)c2cc(C)cc(C)c2)c1. The second kappa shape index (κ2) is 10.5. The molecule has 2 aromatic carbocycles. The average Bonchev–Trinajstić information content (AvgIpc) is 2.58. The van der Waals surface area contributed by atoms with Gasteiger partial charge in [-0.1, -0.05) is 58.7 Å². The van der Waals surface area contributed by atoms with Gasteiger partial charge in [0.05, 0.1) is 11.8 Å². The van der Waals surface area contributed by atoms with E-state index in [0.29, 0.717) is 11.1 Å². The van der Waals surface area contributed by atoms with Crippen molar-refractivity contribution < 1.29 is 31.1 Å². The summed E-state index contributed by atoms with van der Waals surface area (Å²) in [5, 5.41) is 0. The van der Waals surface area contributed by atoms with Gasteiger partial charge in [-0.3, -0.25) is 4.79 Å². The Labute approximate surface area is 192 Å². The second-order valence-electron chi connectivity index (χ2n) is 7.86. The van der Waals surface area contributed by atoms with E-state index in [1.807, 2.05) is 12.1 Å². The van der Waals surface area contributed by atoms with Gasteiger partial charge in [0, 0.05) is 11.5 Å². The number of halogens is 6. The fourth-order valence-corrected chi connectivity index (χ4v) is 5.13. The first-order valence-corrected chi connectivity index (χ1v) is 11.7. The highest BCUT2D eigenvalue weighted by atomic mass is 32.2. The molecule has 0 bridgehead atoms. The first kappa shape index (κ1) is 26.6. The van der Waals surface area contributed by atoms with Crippen LogP contribution in [0.25, 0.3) is 0 Å². The lowest BCUT2D eigenvalue weighted by Gasteiger charge is -2.25. The van der Waals surface area contributed by atoms with Gasteiger partial charge in [-0.2, -0.15) is 26.3 Å². The van der Waals surface area contributed by atoms with Gasteiger partial charge in [0.1, 0.15) is 5.78 Å². The third kappa shape index (κ3) is 8.39. The fourth-order valence-electron chi connectivity index (χ4n) is 3.71. The van der Waals surface area contributed by atoms with E-state index in [1.165, 1.54) is 0 Å². The molecule has 0 saturated carbocycles. The van der Waals surface area contributed by atoms with Crippen LogP contribution in [-0.2, 0) is 4.79 Å². The summed E-state index contributed by atoms with van der Waals surface area (Å²) in [4.78, 5) is 13.6. The van der Waals surface area contributed by atoms with Crippen LogP contribution in [0.5, 0.6) is 0 Å². The van der Waals surface area contributed by atoms with Gasteiger partial charge in [0.25, 0.3) is 0 Å². The molecule has 0 fully saturated rings. The molecule has 0 aromatic heterocycles. The summed E-state index contributed by atoms with van der Waals surface area (Å²) in [6.45, 7) is 7.04. The second-order valence-corrected chi connectivity index (χ2v) is 10.0. The van der Waals surface area contributed by atoms with Gasteiger partial charge >= 0.3 is 11.0 Å². The van der Waals surface area contributed by atoms with E-state index in [2.05, 4.69) is 0 Å². The van der Waals surface area contributed by atoms with Crippen LogP contribution in [0.2, 0.25) is 0 Å². The lowest BCUT2D eigenvalue weighted by Crippen LogP contribution is -2.26. The topological polar surface area (TPSA) is 17.1 Å². The molecular formula is C23H24F6OS2. The first-order chi connectivity index (χ1) is 14.6. The van der Waals surface area contributed by atoms with E-state index in [1.54, 1.807) is 52.0 Å². The number of Topliss-reactive ketones (excluding diaryl/α,β-unsaturated/α-hetero) is 1. The van der Waals surface area contributed by atoms with Crippen molar-refractivity contribution in [2.75, 3.05) is 11.5 Å². The first-order valence-electron chi connectivity index (χ1n) is 9.76. The van der Waals surface area contributed by atoms with Crippen LogP contribution < -0.4 is 0 Å². The molecule has 0 radical (unpaired) electrons. The van der Waals surface area contributed by atoms with Gasteiger partial charge in [0.15, 0.2) is 0 Å². The van der Waals surface area contributed by atoms with Crippen LogP contribution >= 0.6 is 23.5 Å². The highest BCUT2D eigenvalue weighted by Gasteiger charge is 2.38. The number of carbonyl (C=O) groups excluding carboxylic acids is 1. The number of benzene rings is 2. The average molecular weight is 495 g/mol. The Morgan fingerprint density at radius 2 is 0.938 bits per heavy atom. The molecular weight excluding hydrogens is 470 g/mol. The molecule has 0 aliphatic rings. The minimum Gasteiger partial charge on any atom is -0.298 e. The summed E-state index contributed by atoms with van der Waals surface area (Å²) >= 11 is -0.662. The number of ketones is 1. The highest BCUT2D eigenvalue weighted by Crippen LogP contribution is 2.40. The summed E-state index contributed by atoms with van der Waals surface area (Å²) in [6, 6.07) is 10.2. The maximum Gasteiger partial charge on any atom is 0.441 e. The van der Waals surface area contributed by atoms with Crippen molar-refractivity contribution >= 4 is 29.3 Å². The van der Waals surface area contributed by atoms with Gasteiger partial charge in [-0.05, 0) is 62.3 Å². The maximum atomic E-state index is 13.6. The Morgan fingerprint density at radius 3 is 1.19 bits per heavy atom. The maximum absolute atomic E-state index is 13.6. The largest absolute Gasteiger partial charge is 0.441 e. The lowest BCUT2D eigenvalue weighted by atomic mass is 9.84. The van der Waals surface area contributed by atoms with E-state index < -0.39 is 40.1 Å². The monoisotopic (exact) mass is 494 g/mol. The normalized spacial score (nSPS) is 14.3. The van der Waals surface area contributed by atoms with Crippen molar-refractivity contribution in [3.8, 4) is 0 Å². The molecule has 0 aliphatic carbocycles. The number of alkyl halides is 6. The summed E-state index contributed by atoms with van der Waals surface area (Å²) in [6.07, 6.45) is 0. The minimum atomic E-state index is -4.56. The molecule has 0 heterocycles. The molecule has 176 valence electrons. The summed E-state index contributed by atoms with van der Waals surface area (Å²) < 4.78 is 77.9. The molecule has 0 N–H and O–H groups in total. The zero-order valence-electron chi connectivity index (χ0n) is 18.0. The molecule has 1 nitrogen and oxygen atoms in total. The smallest absolute Gasteiger partial charge is 0.298 e. The van der Waals surface area contributed by atoms with E-state index in [-0.39, 0.29) is 23.5 Å². The Kier molecular flexibility index (Phi) is 8.78. The number of hydrogen-bond donors (Lipinski definition) is 0. The minimum absolute atomic E-state index is 0.331. The van der Waals surface area contributed by atoms with Crippen molar-refractivity contribution in [3.63, 3.8) is 0 Å². The molecule has 2 atom stereocenters. The standard InChI is InChI=1S/C23H24F6OS2/c1-13-5-14(2)8-17(7-13)19(11-31-22(24,25)26)21(30)20(12-32-23(27,28)29)18-9-15(3)6-16(4)10-18/h5-10,19-20H,11-12H2,1-4H3. The van der Waals surface area contributed by atoms with Crippen molar-refractivity contribution in [2.45, 2.75) is 50.5 Å². The van der Waals surface area contributed by atoms with E-state index in [4.69, 9.17) is 0 Å². The third-order valence-electron chi connectivity index (χ3n) is 4.81. The number of hydrogen-bond acceptors (Lipinski definition) is 3. The third-order valence-corrected chi connectivity index (χ3v) is 6.46. The van der Waals surface area contributed by atoms with E-state index >= 15 is 0 Å². The molecule has 0 spiro atoms. The van der Waals surface area contributed by atoms with Crippen LogP contribution in [0.4, 0.5) is 26.3 Å². The van der Waals surface area contributed by atoms with E-state index in [9.17, 15) is 31.1 Å². The number of thioether (sulfide) groups is 2. The summed E-state index contributed by atoms with van der Waals surface area (Å²) in [5.41, 5.74) is -5.29. The lowest BCUT2D eigenvalue weighted by molar-refractivity contribution is -0.121. The van der Waals surface area contributed by atoms with Gasteiger partial charge in [-0.25, -0.2) is 0 Å². The predicted octanol–water partition coefficient (Wildman–Crippen LogP) is 7.86. The Morgan fingerprint density at radius 1 is 0.656 bits per heavy atom. The van der Waals surface area contributed by atoms with Gasteiger partial charge in [-0.15, -0.1) is 0 Å². The zero-order valence-corrected chi connectivity index (χ0v) is 19.7. The molecule has 2 unspecified atom stereocenters. The van der Waals surface area contributed by atoms with Crippen LogP contribution in [0.3, 0.4) is 0 Å². The molecule has 0 aliphatic heterocycles. The Hall–Kier alpha value is -1.61. The summed E-state index contributed by atoms with van der Waals surface area (Å²) in [5.74, 6) is -4.22. The Balaban J connectivity index is 2.53.